The summed E-state index contributed by atoms with van der Waals surface area (Å²) >= 11 is 0. The highest BCUT2D eigenvalue weighted by molar-refractivity contribution is 7.90. The molecule has 0 saturated carbocycles. The lowest BCUT2D eigenvalue weighted by molar-refractivity contribution is 0.0496. The first-order valence-electron chi connectivity index (χ1n) is 16.6. The van der Waals surface area contributed by atoms with Crippen LogP contribution in [0.25, 0.3) is 0 Å². The van der Waals surface area contributed by atoms with E-state index in [2.05, 4.69) is 10.6 Å². The van der Waals surface area contributed by atoms with Gasteiger partial charge >= 0.3 is 24.0 Å². The zero-order valence-electron chi connectivity index (χ0n) is 29.1. The molecule has 4 N–H and O–H groups in total. The summed E-state index contributed by atoms with van der Waals surface area (Å²) in [5.41, 5.74) is 2.21. The number of nitrogens with one attached hydrogen (secondary N) is 4. The van der Waals surface area contributed by atoms with E-state index >= 15 is 0 Å². The maximum absolute atomic E-state index is 12.5. The molecule has 4 aromatic carbocycles. The number of hydrogen-bond acceptors (Lipinski definition) is 10. The minimum atomic E-state index is -4.09. The number of amides is 4. The lowest BCUT2D eigenvalue weighted by Gasteiger charge is -2.10. The minimum Gasteiger partial charge on any atom is -0.462 e. The van der Waals surface area contributed by atoms with Crippen LogP contribution in [0, 0.1) is 13.8 Å². The van der Waals surface area contributed by atoms with Crippen LogP contribution in [0.3, 0.4) is 0 Å². The van der Waals surface area contributed by atoms with Crippen LogP contribution in [0.5, 0.6) is 0 Å². The van der Waals surface area contributed by atoms with Gasteiger partial charge < -0.3 is 20.1 Å². The number of aryl methyl sites for hydroxylation is 2. The van der Waals surface area contributed by atoms with Gasteiger partial charge in [-0.15, -0.1) is 0 Å². The minimum absolute atomic E-state index is 0.0527. The van der Waals surface area contributed by atoms with Crippen molar-refractivity contribution >= 4 is 55.4 Å². The predicted octanol–water partition coefficient (Wildman–Crippen LogP) is 6.29. The Morgan fingerprint density at radius 3 is 1.28 bits per heavy atom. The van der Waals surface area contributed by atoms with E-state index in [1.807, 2.05) is 9.44 Å². The van der Waals surface area contributed by atoms with Gasteiger partial charge in [0.2, 0.25) is 0 Å². The molecule has 0 atom stereocenters. The number of carbonyl (C=O) groups excluding carboxylic acids is 4. The molecule has 4 amide bonds. The van der Waals surface area contributed by atoms with Crippen molar-refractivity contribution in [2.75, 3.05) is 23.8 Å². The highest BCUT2D eigenvalue weighted by atomic mass is 32.2. The van der Waals surface area contributed by atoms with E-state index in [-0.39, 0.29) is 45.5 Å². The third-order valence-corrected chi connectivity index (χ3v) is 10.2. The second-order valence-electron chi connectivity index (χ2n) is 12.0. The van der Waals surface area contributed by atoms with Gasteiger partial charge in [-0.25, -0.2) is 45.5 Å². The summed E-state index contributed by atoms with van der Waals surface area (Å²) in [5, 5.41) is 4.82. The molecule has 4 aromatic rings. The Morgan fingerprint density at radius 2 is 0.887 bits per heavy atom. The maximum Gasteiger partial charge on any atom is 0.338 e. The fourth-order valence-electron chi connectivity index (χ4n) is 4.92. The fraction of sp³-hybridized carbons (Fsp3) is 0.243. The first-order valence-corrected chi connectivity index (χ1v) is 19.5. The van der Waals surface area contributed by atoms with Crippen molar-refractivity contribution in [1.29, 1.82) is 0 Å². The smallest absolute Gasteiger partial charge is 0.338 e. The van der Waals surface area contributed by atoms with Gasteiger partial charge in [-0.1, -0.05) is 55.7 Å². The number of sulfonamides is 2. The second kappa shape index (κ2) is 18.7. The Labute approximate surface area is 308 Å². The molecule has 0 unspecified atom stereocenters. The average molecular weight is 765 g/mol. The Hall–Kier alpha value is -5.74. The summed E-state index contributed by atoms with van der Waals surface area (Å²) in [7, 11) is -8.18. The summed E-state index contributed by atoms with van der Waals surface area (Å²) in [6, 6.07) is 22.1. The molecule has 16 heteroatoms. The monoisotopic (exact) mass is 764 g/mol. The van der Waals surface area contributed by atoms with E-state index in [9.17, 15) is 36.0 Å². The molecule has 0 aliphatic heterocycles. The van der Waals surface area contributed by atoms with Gasteiger partial charge in [-0.05, 0) is 98.5 Å². The summed E-state index contributed by atoms with van der Waals surface area (Å²) in [5.74, 6) is -1.19. The van der Waals surface area contributed by atoms with Crippen molar-refractivity contribution in [1.82, 2.24) is 9.44 Å². The Morgan fingerprint density at radius 1 is 0.509 bits per heavy atom. The topological polar surface area (TPSA) is 203 Å². The molecule has 0 fully saturated rings. The maximum atomic E-state index is 12.5. The lowest BCUT2D eigenvalue weighted by atomic mass is 10.1. The summed E-state index contributed by atoms with van der Waals surface area (Å²) in [6.45, 7) is 3.80. The average Bonchev–Trinajstić information content (AvgIpc) is 3.10. The van der Waals surface area contributed by atoms with Gasteiger partial charge in [0.05, 0.1) is 34.1 Å². The van der Waals surface area contributed by atoms with Crippen molar-refractivity contribution in [2.45, 2.75) is 55.7 Å². The molecular weight excluding hydrogens is 725 g/mol. The van der Waals surface area contributed by atoms with Crippen LogP contribution < -0.4 is 20.1 Å². The van der Waals surface area contributed by atoms with E-state index in [1.165, 1.54) is 72.8 Å². The number of rotatable bonds is 16. The highest BCUT2D eigenvalue weighted by Gasteiger charge is 2.20. The largest absolute Gasteiger partial charge is 0.462 e. The van der Waals surface area contributed by atoms with E-state index < -0.39 is 44.0 Å². The standard InChI is InChI=1S/C37H40N4O10S2/c1-26-12-8-18-32(22-26)52(46,47)40-36(44)38-30-16-10-14-28(24-30)34(42)50-20-6-4-3-5-7-21-51-35(43)29-15-11-17-31(25-29)39-37(45)41-53(48,49)33-19-9-13-27(2)23-33/h8-19,22-25H,3-7,20-21H2,1-2H3,(H2,38,40,44)(H2,39,41,45). The van der Waals surface area contributed by atoms with Crippen LogP contribution in [0.1, 0.15) is 63.9 Å². The number of hydrogen-bond donors (Lipinski definition) is 4. The number of esters is 2. The van der Waals surface area contributed by atoms with Crippen molar-refractivity contribution < 1.29 is 45.5 Å². The second-order valence-corrected chi connectivity index (χ2v) is 15.3. The number of carbonyl (C=O) groups is 4. The van der Waals surface area contributed by atoms with E-state index in [0.717, 1.165) is 30.4 Å². The molecule has 0 aliphatic carbocycles. The Balaban J connectivity index is 1.10. The van der Waals surface area contributed by atoms with Gasteiger partial charge in [-0.2, -0.15) is 0 Å². The van der Waals surface area contributed by atoms with Crippen molar-refractivity contribution in [3.05, 3.63) is 119 Å². The summed E-state index contributed by atoms with van der Waals surface area (Å²) < 4.78 is 64.6. The van der Waals surface area contributed by atoms with Crippen LogP contribution in [-0.2, 0) is 29.5 Å². The fourth-order valence-corrected chi connectivity index (χ4v) is 6.94. The quantitative estimate of drug-likeness (QED) is 0.0742. The van der Waals surface area contributed by atoms with Crippen molar-refractivity contribution in [2.24, 2.45) is 0 Å². The molecule has 0 aliphatic rings. The van der Waals surface area contributed by atoms with Gasteiger partial charge in [-0.3, -0.25) is 0 Å². The van der Waals surface area contributed by atoms with Gasteiger partial charge in [0, 0.05) is 11.4 Å². The van der Waals surface area contributed by atoms with E-state index in [1.54, 1.807) is 38.1 Å². The SMILES string of the molecule is Cc1cccc(S(=O)(=O)NC(=O)Nc2cccc(C(=O)OCCCCCCCOC(=O)c3cccc(NC(=O)NS(=O)(=O)c4cccc(C)c4)c3)c2)c1. The number of benzene rings is 4. The third-order valence-electron chi connectivity index (χ3n) is 7.52. The molecular formula is C37H40N4O10S2. The van der Waals surface area contributed by atoms with Crippen LogP contribution in [0.4, 0.5) is 21.0 Å². The van der Waals surface area contributed by atoms with Crippen molar-refractivity contribution in [3.8, 4) is 0 Å². The zero-order valence-corrected chi connectivity index (χ0v) is 30.7. The van der Waals surface area contributed by atoms with Crippen LogP contribution in [-0.4, -0.2) is 54.1 Å². The molecule has 0 heterocycles. The normalized spacial score (nSPS) is 11.2. The first kappa shape index (κ1) is 40.0. The molecule has 0 bridgehead atoms. The molecule has 53 heavy (non-hydrogen) atoms. The van der Waals surface area contributed by atoms with Crippen LogP contribution in [0.15, 0.2) is 107 Å². The molecule has 0 saturated heterocycles. The van der Waals surface area contributed by atoms with Gasteiger partial charge in [0.1, 0.15) is 0 Å². The van der Waals surface area contributed by atoms with Crippen LogP contribution >= 0.6 is 0 Å². The molecule has 0 aromatic heterocycles. The number of anilines is 2. The van der Waals surface area contributed by atoms with E-state index in [4.69, 9.17) is 9.47 Å². The Kier molecular flexibility index (Phi) is 14.1. The first-order chi connectivity index (χ1) is 25.2. The van der Waals surface area contributed by atoms with E-state index in [0.29, 0.717) is 12.8 Å². The zero-order chi connectivity index (χ0) is 38.4. The number of ether oxygens (including phenoxy) is 2. The summed E-state index contributed by atoms with van der Waals surface area (Å²) in [6.07, 6.45) is 3.52. The van der Waals surface area contributed by atoms with Crippen LogP contribution in [0.2, 0.25) is 0 Å². The molecule has 0 spiro atoms. The lowest BCUT2D eigenvalue weighted by Crippen LogP contribution is -2.34. The predicted molar refractivity (Wildman–Crippen MR) is 198 cm³/mol. The van der Waals surface area contributed by atoms with Crippen molar-refractivity contribution in [3.63, 3.8) is 0 Å². The molecule has 4 rings (SSSR count). The third kappa shape index (κ3) is 12.8. The number of unbranched alkanes of at least 4 members (excludes halogenated alkanes) is 4. The highest BCUT2D eigenvalue weighted by Crippen LogP contribution is 2.16. The van der Waals surface area contributed by atoms with Gasteiger partial charge in [0.15, 0.2) is 0 Å². The molecule has 0 radical (unpaired) electrons. The Bertz CT molecular complexity index is 2020. The van der Waals surface area contributed by atoms with Gasteiger partial charge in [0.25, 0.3) is 20.0 Å². The molecule has 14 nitrogen and oxygen atoms in total. The number of urea groups is 2. The molecule has 280 valence electrons. The summed E-state index contributed by atoms with van der Waals surface area (Å²) in [4.78, 5) is 49.7.